The summed E-state index contributed by atoms with van der Waals surface area (Å²) in [6, 6.07) is 14.3. The lowest BCUT2D eigenvalue weighted by molar-refractivity contribution is -0.119. The second kappa shape index (κ2) is 8.31. The van der Waals surface area contributed by atoms with Crippen molar-refractivity contribution in [3.05, 3.63) is 54.4 Å². The summed E-state index contributed by atoms with van der Waals surface area (Å²) in [6.07, 6.45) is 5.37. The van der Waals surface area contributed by atoms with E-state index in [1.165, 1.54) is 12.7 Å². The molecule has 1 aliphatic heterocycles. The number of H-pyrrole nitrogens is 2. The number of aromatic nitrogens is 5. The summed E-state index contributed by atoms with van der Waals surface area (Å²) in [7, 11) is 0. The highest BCUT2D eigenvalue weighted by Gasteiger charge is 2.24. The molecule has 4 aromatic rings. The molecule has 0 radical (unpaired) electrons. The predicted octanol–water partition coefficient (Wildman–Crippen LogP) is 3.42. The number of nitrogens with two attached hydrogens (primary N) is 1. The maximum absolute atomic E-state index is 11.8. The average Bonchev–Trinajstić information content (AvgIpc) is 3.48. The lowest BCUT2D eigenvalue weighted by Crippen LogP contribution is -2.36. The Morgan fingerprint density at radius 1 is 1.06 bits per heavy atom. The Kier molecular flexibility index (Phi) is 5.21. The predicted molar refractivity (Wildman–Crippen MR) is 119 cm³/mol. The van der Waals surface area contributed by atoms with E-state index in [0.717, 1.165) is 65.0 Å². The van der Waals surface area contributed by atoms with E-state index < -0.39 is 0 Å². The Morgan fingerprint density at radius 2 is 1.94 bits per heavy atom. The average molecular weight is 416 g/mol. The molecule has 8 nitrogen and oxygen atoms in total. The molecule has 1 aliphatic rings. The van der Waals surface area contributed by atoms with E-state index in [9.17, 15) is 4.79 Å². The van der Waals surface area contributed by atoms with E-state index in [-0.39, 0.29) is 11.9 Å². The van der Waals surface area contributed by atoms with Crippen LogP contribution in [0.5, 0.6) is 0 Å². The van der Waals surface area contributed by atoms with Crippen LogP contribution in [0.25, 0.3) is 33.5 Å². The van der Waals surface area contributed by atoms with Crippen LogP contribution < -0.4 is 5.73 Å². The minimum Gasteiger partial charge on any atom is -0.370 e. The molecular formula is C23H25N7O. The van der Waals surface area contributed by atoms with Gasteiger partial charge in [-0.15, -0.1) is 0 Å². The molecule has 3 heterocycles. The van der Waals surface area contributed by atoms with E-state index in [1.807, 2.05) is 18.2 Å². The van der Waals surface area contributed by atoms with Gasteiger partial charge in [-0.25, -0.2) is 4.98 Å². The first-order chi connectivity index (χ1) is 15.2. The second-order valence-electron chi connectivity index (χ2n) is 8.07. The van der Waals surface area contributed by atoms with E-state index >= 15 is 0 Å². The maximum atomic E-state index is 11.8. The van der Waals surface area contributed by atoms with Crippen molar-refractivity contribution < 1.29 is 4.79 Å². The minimum atomic E-state index is -0.275. The van der Waals surface area contributed by atoms with Crippen LogP contribution in [-0.2, 0) is 4.79 Å². The number of fused-ring (bicyclic) bond motifs is 1. The topological polar surface area (TPSA) is 117 Å². The van der Waals surface area contributed by atoms with E-state index in [0.29, 0.717) is 6.42 Å². The Bertz CT molecular complexity index is 1190. The number of nitrogens with one attached hydrogen (secondary N) is 2. The van der Waals surface area contributed by atoms with Crippen molar-refractivity contribution in [2.24, 2.45) is 5.73 Å². The fraction of sp³-hybridized carbons (Fsp3) is 0.304. The molecule has 31 heavy (non-hydrogen) atoms. The van der Waals surface area contributed by atoms with Crippen molar-refractivity contribution in [2.45, 2.75) is 31.7 Å². The summed E-state index contributed by atoms with van der Waals surface area (Å²) in [5.41, 5.74) is 10.5. The van der Waals surface area contributed by atoms with Crippen LogP contribution in [0.1, 0.15) is 37.3 Å². The second-order valence-corrected chi connectivity index (χ2v) is 8.07. The molecule has 0 spiro atoms. The van der Waals surface area contributed by atoms with Crippen LogP contribution in [0.2, 0.25) is 0 Å². The van der Waals surface area contributed by atoms with E-state index in [2.05, 4.69) is 54.5 Å². The normalized spacial score (nSPS) is 15.9. The molecule has 1 amide bonds. The number of carbonyl (C=O) groups is 1. The molecular weight excluding hydrogens is 390 g/mol. The van der Waals surface area contributed by atoms with Crippen molar-refractivity contribution >= 4 is 16.8 Å². The van der Waals surface area contributed by atoms with Gasteiger partial charge in [0.15, 0.2) is 5.82 Å². The number of amides is 1. The van der Waals surface area contributed by atoms with Gasteiger partial charge in [-0.3, -0.25) is 19.9 Å². The summed E-state index contributed by atoms with van der Waals surface area (Å²) in [4.78, 5) is 18.5. The summed E-state index contributed by atoms with van der Waals surface area (Å²) in [6.45, 7) is 1.99. The zero-order valence-corrected chi connectivity index (χ0v) is 17.2. The maximum Gasteiger partial charge on any atom is 0.219 e. The van der Waals surface area contributed by atoms with Crippen LogP contribution in [0.4, 0.5) is 0 Å². The molecule has 0 bridgehead atoms. The van der Waals surface area contributed by atoms with Crippen LogP contribution in [0.15, 0.2) is 48.8 Å². The fourth-order valence-corrected chi connectivity index (χ4v) is 4.50. The standard InChI is InChI=1S/C23H25N7O/c24-21(31)13-20(30-9-2-1-3-10-30)15-5-4-6-16(11-15)22-18-12-17(23-25-14-26-29-23)7-8-19(18)27-28-22/h4-8,11-12,14,20H,1-3,9-10,13H2,(H2,24,31)(H,27,28)(H,25,26,29). The van der Waals surface area contributed by atoms with Crippen molar-refractivity contribution in [3.63, 3.8) is 0 Å². The summed E-state index contributed by atoms with van der Waals surface area (Å²) >= 11 is 0. The highest BCUT2D eigenvalue weighted by Crippen LogP contribution is 2.33. The van der Waals surface area contributed by atoms with Gasteiger partial charge in [-0.2, -0.15) is 10.2 Å². The van der Waals surface area contributed by atoms with E-state index in [1.54, 1.807) is 0 Å². The molecule has 2 aromatic heterocycles. The zero-order valence-electron chi connectivity index (χ0n) is 17.2. The fourth-order valence-electron chi connectivity index (χ4n) is 4.50. The summed E-state index contributed by atoms with van der Waals surface area (Å²) < 4.78 is 0. The van der Waals surface area contributed by atoms with Crippen molar-refractivity contribution in [1.29, 1.82) is 0 Å². The van der Waals surface area contributed by atoms with E-state index in [4.69, 9.17) is 5.73 Å². The first kappa shape index (κ1) is 19.4. The number of benzene rings is 2. The van der Waals surface area contributed by atoms with Crippen LogP contribution in [-0.4, -0.2) is 49.3 Å². The number of nitrogens with zero attached hydrogens (tertiary/aromatic N) is 4. The Hall–Kier alpha value is -3.52. The molecule has 1 atom stereocenters. The van der Waals surface area contributed by atoms with Crippen LogP contribution in [0.3, 0.4) is 0 Å². The molecule has 2 aromatic carbocycles. The highest BCUT2D eigenvalue weighted by atomic mass is 16.1. The molecule has 0 saturated carbocycles. The van der Waals surface area contributed by atoms with Gasteiger partial charge in [0, 0.05) is 29.0 Å². The monoisotopic (exact) mass is 415 g/mol. The number of rotatable bonds is 6. The van der Waals surface area contributed by atoms with Gasteiger partial charge in [0.25, 0.3) is 0 Å². The lowest BCUT2D eigenvalue weighted by Gasteiger charge is -2.34. The number of primary amides is 1. The van der Waals surface area contributed by atoms with Gasteiger partial charge in [-0.05, 0) is 55.8 Å². The zero-order chi connectivity index (χ0) is 21.2. The smallest absolute Gasteiger partial charge is 0.219 e. The molecule has 8 heteroatoms. The molecule has 158 valence electrons. The van der Waals surface area contributed by atoms with Gasteiger partial charge < -0.3 is 5.73 Å². The Balaban J connectivity index is 1.54. The highest BCUT2D eigenvalue weighted by molar-refractivity contribution is 5.95. The van der Waals surface area contributed by atoms with Gasteiger partial charge in [0.2, 0.25) is 5.91 Å². The number of likely N-dealkylation sites (tertiary alicyclic amines) is 1. The largest absolute Gasteiger partial charge is 0.370 e. The minimum absolute atomic E-state index is 0.00675. The first-order valence-corrected chi connectivity index (χ1v) is 10.7. The van der Waals surface area contributed by atoms with Crippen molar-refractivity contribution in [3.8, 4) is 22.6 Å². The van der Waals surface area contributed by atoms with Crippen LogP contribution >= 0.6 is 0 Å². The Labute approximate surface area is 179 Å². The molecule has 5 rings (SSSR count). The third-order valence-electron chi connectivity index (χ3n) is 6.02. The quantitative estimate of drug-likeness (QED) is 0.446. The first-order valence-electron chi connectivity index (χ1n) is 10.7. The number of piperidine rings is 1. The molecule has 1 saturated heterocycles. The molecule has 1 fully saturated rings. The summed E-state index contributed by atoms with van der Waals surface area (Å²) in [5, 5.41) is 15.6. The third-order valence-corrected chi connectivity index (χ3v) is 6.02. The van der Waals surface area contributed by atoms with Crippen LogP contribution in [0, 0.1) is 0 Å². The molecule has 0 aliphatic carbocycles. The number of hydrogen-bond donors (Lipinski definition) is 3. The van der Waals surface area contributed by atoms with Gasteiger partial charge in [0.05, 0.1) is 11.2 Å². The van der Waals surface area contributed by atoms with Gasteiger partial charge in [-0.1, -0.05) is 24.6 Å². The lowest BCUT2D eigenvalue weighted by atomic mass is 9.95. The van der Waals surface area contributed by atoms with Gasteiger partial charge >= 0.3 is 0 Å². The number of carbonyl (C=O) groups excluding carboxylic acids is 1. The van der Waals surface area contributed by atoms with Gasteiger partial charge in [0.1, 0.15) is 6.33 Å². The molecule has 4 N–H and O–H groups in total. The Morgan fingerprint density at radius 3 is 2.71 bits per heavy atom. The van der Waals surface area contributed by atoms with Crippen molar-refractivity contribution in [2.75, 3.05) is 13.1 Å². The SMILES string of the molecule is NC(=O)CC(c1cccc(-c2n[nH]c3ccc(-c4ncn[nH]4)cc23)c1)N1CCCCC1. The third kappa shape index (κ3) is 3.94. The van der Waals surface area contributed by atoms with Crippen molar-refractivity contribution in [1.82, 2.24) is 30.3 Å². The molecule has 1 unspecified atom stereocenters. The summed E-state index contributed by atoms with van der Waals surface area (Å²) in [5.74, 6) is 0.442. The number of aromatic amines is 2. The number of hydrogen-bond acceptors (Lipinski definition) is 5.